The van der Waals surface area contributed by atoms with Gasteiger partial charge in [0, 0.05) is 18.7 Å². The molecule has 1 aromatic carbocycles. The van der Waals surface area contributed by atoms with Crippen molar-refractivity contribution in [3.8, 4) is 0 Å². The summed E-state index contributed by atoms with van der Waals surface area (Å²) < 4.78 is 71.6. The number of amides is 1. The monoisotopic (exact) mass is 338 g/mol. The molecule has 9 heteroatoms. The molecule has 1 aliphatic rings. The van der Waals surface area contributed by atoms with E-state index in [1.165, 1.54) is 4.90 Å². The lowest BCUT2D eigenvalue weighted by Crippen LogP contribution is -2.47. The lowest BCUT2D eigenvalue weighted by Gasteiger charge is -2.28. The molecule has 0 radical (unpaired) electrons. The third-order valence-electron chi connectivity index (χ3n) is 3.44. The second-order valence-electron chi connectivity index (χ2n) is 4.98. The van der Waals surface area contributed by atoms with E-state index in [9.17, 15) is 26.7 Å². The van der Waals surface area contributed by atoms with E-state index >= 15 is 0 Å². The van der Waals surface area contributed by atoms with Crippen LogP contribution in [0.3, 0.4) is 0 Å². The number of carbonyl (C=O) groups excluding carboxylic acids is 1. The minimum absolute atomic E-state index is 0.269. The van der Waals surface area contributed by atoms with Crippen LogP contribution in [0.5, 0.6) is 0 Å². The first-order valence-electron chi connectivity index (χ1n) is 6.90. The number of hydrogen-bond acceptors (Lipinski definition) is 3. The van der Waals surface area contributed by atoms with Gasteiger partial charge in [0.05, 0.1) is 19.8 Å². The van der Waals surface area contributed by atoms with Crippen LogP contribution in [-0.4, -0.2) is 49.8 Å². The summed E-state index contributed by atoms with van der Waals surface area (Å²) in [6, 6.07) is -0.153. The molecule has 1 heterocycles. The van der Waals surface area contributed by atoms with Gasteiger partial charge < -0.3 is 9.64 Å². The Balaban J connectivity index is 2.12. The van der Waals surface area contributed by atoms with E-state index in [1.807, 2.05) is 5.32 Å². The van der Waals surface area contributed by atoms with E-state index in [1.54, 1.807) is 0 Å². The number of carbonyl (C=O) groups is 1. The zero-order valence-electron chi connectivity index (χ0n) is 12.0. The molecule has 1 N–H and O–H groups in total. The van der Waals surface area contributed by atoms with E-state index in [0.29, 0.717) is 13.2 Å². The molecular weight excluding hydrogens is 323 g/mol. The van der Waals surface area contributed by atoms with Gasteiger partial charge in [0.25, 0.3) is 0 Å². The predicted molar refractivity (Wildman–Crippen MR) is 70.6 cm³/mol. The third-order valence-corrected chi connectivity index (χ3v) is 3.44. The Labute approximate surface area is 129 Å². The van der Waals surface area contributed by atoms with E-state index in [-0.39, 0.29) is 13.1 Å². The molecule has 0 saturated carbocycles. The maximum absolute atomic E-state index is 13.6. The minimum Gasteiger partial charge on any atom is -0.378 e. The van der Waals surface area contributed by atoms with E-state index in [0.717, 1.165) is 18.2 Å². The molecule has 1 fully saturated rings. The lowest BCUT2D eigenvalue weighted by molar-refractivity contribution is -0.160. The Hall–Kier alpha value is -1.74. The Morgan fingerprint density at radius 2 is 1.78 bits per heavy atom. The predicted octanol–water partition coefficient (Wildman–Crippen LogP) is 2.02. The first-order chi connectivity index (χ1) is 10.8. The molecule has 128 valence electrons. The van der Waals surface area contributed by atoms with Crippen LogP contribution in [0.15, 0.2) is 18.2 Å². The van der Waals surface area contributed by atoms with Crippen LogP contribution in [0, 0.1) is 11.6 Å². The first kappa shape index (κ1) is 17.6. The molecule has 23 heavy (non-hydrogen) atoms. The number of alkyl halides is 3. The molecule has 1 aromatic rings. The molecule has 0 unspecified atom stereocenters. The summed E-state index contributed by atoms with van der Waals surface area (Å²) in [4.78, 5) is 13.2. The highest BCUT2D eigenvalue weighted by atomic mass is 19.4. The van der Waals surface area contributed by atoms with Crippen LogP contribution < -0.4 is 5.32 Å². The second kappa shape index (κ2) is 7.22. The molecule has 1 saturated heterocycles. The molecule has 1 aliphatic heterocycles. The van der Waals surface area contributed by atoms with Crippen LogP contribution >= 0.6 is 0 Å². The molecule has 0 bridgehead atoms. The number of nitrogens with zero attached hydrogens (tertiary/aromatic N) is 1. The number of morpholine rings is 1. The van der Waals surface area contributed by atoms with Gasteiger partial charge in [-0.2, -0.15) is 13.2 Å². The van der Waals surface area contributed by atoms with Gasteiger partial charge in [0.15, 0.2) is 0 Å². The summed E-state index contributed by atoms with van der Waals surface area (Å²) in [5.74, 6) is -3.23. The minimum atomic E-state index is -4.95. The highest BCUT2D eigenvalue weighted by Gasteiger charge is 2.43. The van der Waals surface area contributed by atoms with Gasteiger partial charge >= 0.3 is 6.18 Å². The van der Waals surface area contributed by atoms with Crippen molar-refractivity contribution in [1.29, 1.82) is 0 Å². The molecule has 1 amide bonds. The highest BCUT2D eigenvalue weighted by Crippen LogP contribution is 2.35. The number of nitrogens with one attached hydrogen (secondary N) is 1. The van der Waals surface area contributed by atoms with Crippen molar-refractivity contribution >= 4 is 5.91 Å². The zero-order valence-corrected chi connectivity index (χ0v) is 12.0. The maximum atomic E-state index is 13.6. The summed E-state index contributed by atoms with van der Waals surface area (Å²) in [6.45, 7) is 0.460. The van der Waals surface area contributed by atoms with Crippen molar-refractivity contribution < 1.29 is 31.5 Å². The van der Waals surface area contributed by atoms with E-state index in [4.69, 9.17) is 4.74 Å². The number of ether oxygens (including phenoxy) is 1. The normalized spacial score (nSPS) is 17.2. The van der Waals surface area contributed by atoms with Crippen molar-refractivity contribution in [1.82, 2.24) is 10.2 Å². The van der Waals surface area contributed by atoms with Gasteiger partial charge in [-0.05, 0) is 12.1 Å². The van der Waals surface area contributed by atoms with Gasteiger partial charge in [0.1, 0.15) is 17.7 Å². The maximum Gasteiger partial charge on any atom is 0.408 e. The van der Waals surface area contributed by atoms with Crippen LogP contribution in [0.25, 0.3) is 0 Å². The second-order valence-corrected chi connectivity index (χ2v) is 4.98. The molecule has 0 spiro atoms. The van der Waals surface area contributed by atoms with Gasteiger partial charge in [-0.15, -0.1) is 0 Å². The number of halogens is 5. The van der Waals surface area contributed by atoms with Gasteiger partial charge in [-0.3, -0.25) is 10.1 Å². The van der Waals surface area contributed by atoms with Crippen LogP contribution in [-0.2, 0) is 9.53 Å². The molecule has 4 nitrogen and oxygen atoms in total. The smallest absolute Gasteiger partial charge is 0.378 e. The van der Waals surface area contributed by atoms with Gasteiger partial charge in [0.2, 0.25) is 5.91 Å². The fourth-order valence-electron chi connectivity index (χ4n) is 2.28. The lowest BCUT2D eigenvalue weighted by atomic mass is 10.0. The number of rotatable bonds is 4. The highest BCUT2D eigenvalue weighted by molar-refractivity contribution is 5.78. The molecule has 0 aromatic heterocycles. The van der Waals surface area contributed by atoms with E-state index < -0.39 is 41.9 Å². The van der Waals surface area contributed by atoms with Gasteiger partial charge in [-0.25, -0.2) is 8.78 Å². The molecular formula is C14H15F5N2O2. The summed E-state index contributed by atoms with van der Waals surface area (Å²) in [7, 11) is 0. The quantitative estimate of drug-likeness (QED) is 0.854. The van der Waals surface area contributed by atoms with Crippen molar-refractivity contribution in [2.45, 2.75) is 12.2 Å². The van der Waals surface area contributed by atoms with Crippen molar-refractivity contribution in [3.05, 3.63) is 35.4 Å². The zero-order chi connectivity index (χ0) is 17.0. The van der Waals surface area contributed by atoms with Gasteiger partial charge in [-0.1, -0.05) is 6.07 Å². The summed E-state index contributed by atoms with van der Waals surface area (Å²) >= 11 is 0. The first-order valence-corrected chi connectivity index (χ1v) is 6.90. The Kier molecular flexibility index (Phi) is 5.53. The Bertz CT molecular complexity index is 538. The fourth-order valence-corrected chi connectivity index (χ4v) is 2.28. The number of benzene rings is 1. The number of hydrogen-bond donors (Lipinski definition) is 1. The van der Waals surface area contributed by atoms with E-state index in [2.05, 4.69) is 0 Å². The van der Waals surface area contributed by atoms with Crippen LogP contribution in [0.1, 0.15) is 11.6 Å². The summed E-state index contributed by atoms with van der Waals surface area (Å²) in [5.41, 5.74) is -1.14. The fraction of sp³-hybridized carbons (Fsp3) is 0.500. The molecule has 1 atom stereocenters. The summed E-state index contributed by atoms with van der Waals surface area (Å²) in [5, 5.41) is 1.92. The van der Waals surface area contributed by atoms with Crippen molar-refractivity contribution in [2.75, 3.05) is 32.8 Å². The average molecular weight is 338 g/mol. The standard InChI is InChI=1S/C14H15F5N2O2/c15-9-2-1-3-10(16)12(9)13(14(17,18)19)20-8-11(22)21-4-6-23-7-5-21/h1-3,13,20H,4-8H2/t13-/m0/s1. The van der Waals surface area contributed by atoms with Crippen molar-refractivity contribution in [2.24, 2.45) is 0 Å². The Morgan fingerprint density at radius 1 is 1.22 bits per heavy atom. The SMILES string of the molecule is O=C(CN[C@@H](c1c(F)cccc1F)C(F)(F)F)N1CCOCC1. The summed E-state index contributed by atoms with van der Waals surface area (Å²) in [6.07, 6.45) is -4.95. The Morgan fingerprint density at radius 3 is 2.30 bits per heavy atom. The largest absolute Gasteiger partial charge is 0.408 e. The van der Waals surface area contributed by atoms with Crippen LogP contribution in [0.4, 0.5) is 22.0 Å². The van der Waals surface area contributed by atoms with Crippen molar-refractivity contribution in [3.63, 3.8) is 0 Å². The van der Waals surface area contributed by atoms with Crippen LogP contribution in [0.2, 0.25) is 0 Å². The molecule has 0 aliphatic carbocycles. The third kappa shape index (κ3) is 4.38. The molecule has 2 rings (SSSR count). The average Bonchev–Trinajstić information content (AvgIpc) is 2.49. The topological polar surface area (TPSA) is 41.6 Å².